The Bertz CT molecular complexity index is 1200. The first-order valence-corrected chi connectivity index (χ1v) is 14.4. The van der Waals surface area contributed by atoms with Crippen molar-refractivity contribution in [3.8, 4) is 29.0 Å². The average Bonchev–Trinajstić information content (AvgIpc) is 2.96. The Hall–Kier alpha value is -3.72. The molecular weight excluding hydrogens is 486 g/mol. The molecule has 3 rings (SSSR count). The number of aromatic nitrogens is 2. The van der Waals surface area contributed by atoms with Gasteiger partial charge in [-0.3, -0.25) is 0 Å². The van der Waals surface area contributed by atoms with Crippen LogP contribution in [0.4, 0.5) is 0 Å². The first-order valence-electron chi connectivity index (χ1n) is 14.4. The van der Waals surface area contributed by atoms with Crippen molar-refractivity contribution >= 4 is 5.97 Å². The van der Waals surface area contributed by atoms with E-state index >= 15 is 0 Å². The van der Waals surface area contributed by atoms with E-state index in [1.54, 1.807) is 24.3 Å². The standard InChI is InChI=1S/C33H41N3O3/c1-4-6-8-10-12-14-26-23-35-32(36-24-26)27-15-18-30(19-16-27)39-33(37)28-17-20-31(29(21-28)22-34)38-25(3)13-11-9-7-5-2/h15-21,23-25H,4-14H2,1-3H3. The van der Waals surface area contributed by atoms with Crippen molar-refractivity contribution in [1.29, 1.82) is 5.26 Å². The van der Waals surface area contributed by atoms with Gasteiger partial charge in [0.25, 0.3) is 0 Å². The van der Waals surface area contributed by atoms with Crippen LogP contribution in [0.15, 0.2) is 54.9 Å². The number of hydrogen-bond donors (Lipinski definition) is 0. The van der Waals surface area contributed by atoms with Crippen molar-refractivity contribution in [2.75, 3.05) is 0 Å². The molecule has 39 heavy (non-hydrogen) atoms. The number of ether oxygens (including phenoxy) is 2. The molecule has 0 saturated heterocycles. The SMILES string of the molecule is CCCCCCCc1cnc(-c2ccc(OC(=O)c3ccc(OC(C)CCCCCC)c(C#N)c3)cc2)nc1. The Labute approximate surface area is 233 Å². The van der Waals surface area contributed by atoms with Gasteiger partial charge >= 0.3 is 5.97 Å². The van der Waals surface area contributed by atoms with E-state index in [-0.39, 0.29) is 6.10 Å². The minimum Gasteiger partial charge on any atom is -0.489 e. The lowest BCUT2D eigenvalue weighted by Gasteiger charge is -2.16. The summed E-state index contributed by atoms with van der Waals surface area (Å²) in [6.45, 7) is 6.42. The van der Waals surface area contributed by atoms with E-state index in [0.717, 1.165) is 36.8 Å². The Morgan fingerprint density at radius 2 is 1.56 bits per heavy atom. The molecule has 1 atom stereocenters. The smallest absolute Gasteiger partial charge is 0.343 e. The monoisotopic (exact) mass is 527 g/mol. The van der Waals surface area contributed by atoms with Crippen molar-refractivity contribution in [3.05, 3.63) is 71.5 Å². The zero-order valence-corrected chi connectivity index (χ0v) is 23.6. The van der Waals surface area contributed by atoms with Gasteiger partial charge in [0.2, 0.25) is 0 Å². The molecule has 0 aliphatic carbocycles. The molecule has 0 saturated carbocycles. The highest BCUT2D eigenvalue weighted by Crippen LogP contribution is 2.24. The number of esters is 1. The number of aryl methyl sites for hydroxylation is 1. The molecule has 0 spiro atoms. The minimum atomic E-state index is -0.530. The summed E-state index contributed by atoms with van der Waals surface area (Å²) >= 11 is 0. The van der Waals surface area contributed by atoms with E-state index < -0.39 is 5.97 Å². The first-order chi connectivity index (χ1) is 19.0. The van der Waals surface area contributed by atoms with Crippen LogP contribution in [-0.4, -0.2) is 22.0 Å². The van der Waals surface area contributed by atoms with Gasteiger partial charge in [0, 0.05) is 18.0 Å². The van der Waals surface area contributed by atoms with Gasteiger partial charge in [-0.15, -0.1) is 0 Å². The number of benzene rings is 2. The molecule has 6 heteroatoms. The first kappa shape index (κ1) is 29.8. The molecule has 3 aromatic rings. The summed E-state index contributed by atoms with van der Waals surface area (Å²) in [6, 6.07) is 14.1. The summed E-state index contributed by atoms with van der Waals surface area (Å²) in [5, 5.41) is 9.61. The predicted molar refractivity (Wildman–Crippen MR) is 155 cm³/mol. The number of carbonyl (C=O) groups excluding carboxylic acids is 1. The molecule has 0 amide bonds. The number of carbonyl (C=O) groups is 1. The largest absolute Gasteiger partial charge is 0.489 e. The summed E-state index contributed by atoms with van der Waals surface area (Å²) in [4.78, 5) is 21.8. The normalized spacial score (nSPS) is 11.5. The molecule has 2 aromatic carbocycles. The van der Waals surface area contributed by atoms with E-state index in [4.69, 9.17) is 9.47 Å². The third kappa shape index (κ3) is 9.83. The van der Waals surface area contributed by atoms with E-state index in [0.29, 0.717) is 28.5 Å². The van der Waals surface area contributed by atoms with Gasteiger partial charge in [0.15, 0.2) is 5.82 Å². The van der Waals surface area contributed by atoms with E-state index in [2.05, 4.69) is 29.9 Å². The molecule has 0 bridgehead atoms. The van der Waals surface area contributed by atoms with Crippen LogP contribution >= 0.6 is 0 Å². The lowest BCUT2D eigenvalue weighted by atomic mass is 10.1. The zero-order chi connectivity index (χ0) is 27.9. The maximum Gasteiger partial charge on any atom is 0.343 e. The van der Waals surface area contributed by atoms with Gasteiger partial charge in [-0.05, 0) is 80.6 Å². The molecule has 0 aliphatic heterocycles. The molecule has 206 valence electrons. The highest BCUT2D eigenvalue weighted by molar-refractivity contribution is 5.91. The minimum absolute atomic E-state index is 0.000930. The van der Waals surface area contributed by atoms with Gasteiger partial charge in [0.05, 0.1) is 17.2 Å². The summed E-state index contributed by atoms with van der Waals surface area (Å²) in [5.41, 5.74) is 2.62. The van der Waals surface area contributed by atoms with Crippen molar-refractivity contribution in [2.24, 2.45) is 0 Å². The summed E-state index contributed by atoms with van der Waals surface area (Å²) < 4.78 is 11.5. The van der Waals surface area contributed by atoms with Crippen molar-refractivity contribution in [1.82, 2.24) is 9.97 Å². The fourth-order valence-electron chi connectivity index (χ4n) is 4.38. The van der Waals surface area contributed by atoms with Crippen molar-refractivity contribution in [3.63, 3.8) is 0 Å². The number of nitrogens with zero attached hydrogens (tertiary/aromatic N) is 3. The number of unbranched alkanes of at least 4 members (excludes halogenated alkanes) is 7. The summed E-state index contributed by atoms with van der Waals surface area (Å²) in [7, 11) is 0. The zero-order valence-electron chi connectivity index (χ0n) is 23.6. The number of rotatable bonds is 16. The van der Waals surface area contributed by atoms with E-state index in [9.17, 15) is 10.1 Å². The third-order valence-corrected chi connectivity index (χ3v) is 6.73. The Morgan fingerprint density at radius 3 is 2.23 bits per heavy atom. The second-order valence-corrected chi connectivity index (χ2v) is 10.1. The maximum absolute atomic E-state index is 12.8. The molecule has 0 N–H and O–H groups in total. The second kappa shape index (κ2) is 16.3. The van der Waals surface area contributed by atoms with Crippen LogP contribution in [0.25, 0.3) is 11.4 Å². The molecule has 6 nitrogen and oxygen atoms in total. The predicted octanol–water partition coefficient (Wildman–Crippen LogP) is 8.49. The molecule has 1 unspecified atom stereocenters. The molecule has 1 aromatic heterocycles. The van der Waals surface area contributed by atoms with Gasteiger partial charge in [-0.1, -0.05) is 58.8 Å². The fraction of sp³-hybridized carbons (Fsp3) is 0.455. The van der Waals surface area contributed by atoms with Gasteiger partial charge < -0.3 is 9.47 Å². The van der Waals surface area contributed by atoms with Gasteiger partial charge in [-0.2, -0.15) is 5.26 Å². The lowest BCUT2D eigenvalue weighted by Crippen LogP contribution is -2.13. The third-order valence-electron chi connectivity index (χ3n) is 6.73. The molecule has 0 fully saturated rings. The lowest BCUT2D eigenvalue weighted by molar-refractivity contribution is 0.0734. The number of hydrogen-bond acceptors (Lipinski definition) is 6. The van der Waals surface area contributed by atoms with Crippen LogP contribution in [0.5, 0.6) is 11.5 Å². The topological polar surface area (TPSA) is 85.1 Å². The van der Waals surface area contributed by atoms with Gasteiger partial charge in [0.1, 0.15) is 17.6 Å². The van der Waals surface area contributed by atoms with Crippen molar-refractivity contribution in [2.45, 2.75) is 97.5 Å². The summed E-state index contributed by atoms with van der Waals surface area (Å²) in [5.74, 6) is 1.00. The molecule has 0 radical (unpaired) electrons. The Balaban J connectivity index is 1.54. The Kier molecular flexibility index (Phi) is 12.5. The second-order valence-electron chi connectivity index (χ2n) is 10.1. The van der Waals surface area contributed by atoms with Crippen LogP contribution in [-0.2, 0) is 6.42 Å². The van der Waals surface area contributed by atoms with Crippen LogP contribution in [0.3, 0.4) is 0 Å². The molecular formula is C33H41N3O3. The maximum atomic E-state index is 12.8. The van der Waals surface area contributed by atoms with Crippen molar-refractivity contribution < 1.29 is 14.3 Å². The molecule has 0 aliphatic rings. The average molecular weight is 528 g/mol. The highest BCUT2D eigenvalue weighted by atomic mass is 16.5. The van der Waals surface area contributed by atoms with Crippen LogP contribution in [0, 0.1) is 11.3 Å². The van der Waals surface area contributed by atoms with Gasteiger partial charge in [-0.25, -0.2) is 14.8 Å². The number of nitriles is 1. The van der Waals surface area contributed by atoms with E-state index in [1.807, 2.05) is 31.5 Å². The van der Waals surface area contributed by atoms with E-state index in [1.165, 1.54) is 51.0 Å². The van der Waals surface area contributed by atoms with Crippen LogP contribution in [0.2, 0.25) is 0 Å². The Morgan fingerprint density at radius 1 is 0.897 bits per heavy atom. The van der Waals surface area contributed by atoms with Crippen LogP contribution in [0.1, 0.15) is 106 Å². The van der Waals surface area contributed by atoms with Crippen LogP contribution < -0.4 is 9.47 Å². The fourth-order valence-corrected chi connectivity index (χ4v) is 4.38. The highest BCUT2D eigenvalue weighted by Gasteiger charge is 2.15. The molecule has 1 heterocycles. The quantitative estimate of drug-likeness (QED) is 0.105. The summed E-state index contributed by atoms with van der Waals surface area (Å²) in [6.07, 6.45) is 16.6.